The SMILES string of the molecule is COC(=O)c1cccc2c1c1c(n2Cc2cccc(OC(F)(F)F)c2)CCCC1=O. The lowest BCUT2D eigenvalue weighted by atomic mass is 9.92. The normalized spacial score (nSPS) is 13.9. The number of aromatic nitrogens is 1. The molecule has 1 aromatic heterocycles. The number of alkyl halides is 3. The fraction of sp³-hybridized carbons (Fsp3) is 0.273. The van der Waals surface area contributed by atoms with Gasteiger partial charge in [0.2, 0.25) is 0 Å². The zero-order valence-corrected chi connectivity index (χ0v) is 16.1. The Balaban J connectivity index is 1.85. The van der Waals surface area contributed by atoms with Gasteiger partial charge in [-0.15, -0.1) is 13.2 Å². The highest BCUT2D eigenvalue weighted by Gasteiger charge is 2.31. The maximum atomic E-state index is 12.7. The van der Waals surface area contributed by atoms with Crippen molar-refractivity contribution in [1.82, 2.24) is 4.57 Å². The lowest BCUT2D eigenvalue weighted by Gasteiger charge is -2.16. The van der Waals surface area contributed by atoms with Crippen molar-refractivity contribution >= 4 is 22.7 Å². The highest BCUT2D eigenvalue weighted by atomic mass is 19.4. The number of Topliss-reactive ketones (excluding diaryl/α,β-unsaturated/α-hetero) is 1. The van der Waals surface area contributed by atoms with E-state index < -0.39 is 12.3 Å². The third-order valence-electron chi connectivity index (χ3n) is 5.17. The zero-order valence-electron chi connectivity index (χ0n) is 16.1. The van der Waals surface area contributed by atoms with E-state index in [1.807, 2.05) is 4.57 Å². The maximum Gasteiger partial charge on any atom is 0.573 e. The summed E-state index contributed by atoms with van der Waals surface area (Å²) in [6.07, 6.45) is -3.08. The number of ether oxygens (including phenoxy) is 2. The van der Waals surface area contributed by atoms with Crippen LogP contribution in [0.15, 0.2) is 42.5 Å². The van der Waals surface area contributed by atoms with Gasteiger partial charge in [0.25, 0.3) is 0 Å². The minimum absolute atomic E-state index is 0.0505. The van der Waals surface area contributed by atoms with Crippen molar-refractivity contribution in [3.8, 4) is 5.75 Å². The van der Waals surface area contributed by atoms with Crippen LogP contribution in [0.1, 0.15) is 44.8 Å². The zero-order chi connectivity index (χ0) is 21.5. The summed E-state index contributed by atoms with van der Waals surface area (Å²) < 4.78 is 48.5. The molecule has 1 aliphatic carbocycles. The number of methoxy groups -OCH3 is 1. The van der Waals surface area contributed by atoms with Crippen LogP contribution in [0.5, 0.6) is 5.75 Å². The molecule has 0 saturated heterocycles. The number of esters is 1. The molecule has 0 spiro atoms. The highest BCUT2D eigenvalue weighted by molar-refractivity contribution is 6.16. The number of benzene rings is 2. The predicted octanol–water partition coefficient (Wildman–Crippen LogP) is 4.89. The maximum absolute atomic E-state index is 12.7. The first-order valence-corrected chi connectivity index (χ1v) is 9.39. The molecule has 0 amide bonds. The van der Waals surface area contributed by atoms with E-state index in [4.69, 9.17) is 4.74 Å². The summed E-state index contributed by atoms with van der Waals surface area (Å²) in [7, 11) is 1.28. The summed E-state index contributed by atoms with van der Waals surface area (Å²) in [5, 5.41) is 0.534. The van der Waals surface area contributed by atoms with E-state index in [0.717, 1.165) is 5.69 Å². The Hall–Kier alpha value is -3.29. The minimum atomic E-state index is -4.78. The second-order valence-electron chi connectivity index (χ2n) is 7.07. The Morgan fingerprint density at radius 1 is 1.13 bits per heavy atom. The van der Waals surface area contributed by atoms with E-state index in [1.54, 1.807) is 24.3 Å². The minimum Gasteiger partial charge on any atom is -0.465 e. The molecule has 0 radical (unpaired) electrons. The van der Waals surface area contributed by atoms with Crippen molar-refractivity contribution in [3.63, 3.8) is 0 Å². The Kier molecular flexibility index (Phi) is 5.01. The molecule has 3 aromatic rings. The average molecular weight is 417 g/mol. The summed E-state index contributed by atoms with van der Waals surface area (Å²) in [6, 6.07) is 10.8. The molecule has 0 aliphatic heterocycles. The second kappa shape index (κ2) is 7.51. The standard InChI is InChI=1S/C22H18F3NO4/c1-29-21(28)15-7-3-8-16-19(15)20-17(9-4-10-18(20)27)26(16)12-13-5-2-6-14(11-13)30-22(23,24)25/h2-3,5-8,11H,4,9-10,12H2,1H3. The lowest BCUT2D eigenvalue weighted by molar-refractivity contribution is -0.274. The molecule has 5 nitrogen and oxygen atoms in total. The molecule has 4 rings (SSSR count). The van der Waals surface area contributed by atoms with Crippen molar-refractivity contribution in [1.29, 1.82) is 0 Å². The van der Waals surface area contributed by atoms with Gasteiger partial charge >= 0.3 is 12.3 Å². The molecule has 156 valence electrons. The fourth-order valence-corrected chi connectivity index (χ4v) is 4.04. The van der Waals surface area contributed by atoms with Crippen LogP contribution in [0.25, 0.3) is 10.9 Å². The van der Waals surface area contributed by atoms with Crippen LogP contribution >= 0.6 is 0 Å². The van der Waals surface area contributed by atoms with E-state index in [0.29, 0.717) is 46.9 Å². The van der Waals surface area contributed by atoms with E-state index in [2.05, 4.69) is 4.74 Å². The number of hydrogen-bond acceptors (Lipinski definition) is 4. The van der Waals surface area contributed by atoms with Gasteiger partial charge in [-0.1, -0.05) is 18.2 Å². The Labute approximate surface area is 170 Å². The van der Waals surface area contributed by atoms with Crippen LogP contribution in [0.3, 0.4) is 0 Å². The average Bonchev–Trinajstić information content (AvgIpc) is 3.01. The van der Waals surface area contributed by atoms with Crippen LogP contribution in [0.2, 0.25) is 0 Å². The molecule has 0 fully saturated rings. The summed E-state index contributed by atoms with van der Waals surface area (Å²) in [5.41, 5.74) is 2.83. The van der Waals surface area contributed by atoms with Gasteiger partial charge in [0.05, 0.1) is 18.2 Å². The Morgan fingerprint density at radius 3 is 2.63 bits per heavy atom. The molecule has 8 heteroatoms. The Bertz CT molecular complexity index is 1150. The molecule has 30 heavy (non-hydrogen) atoms. The number of carbonyl (C=O) groups excluding carboxylic acids is 2. The van der Waals surface area contributed by atoms with Crippen molar-refractivity contribution < 1.29 is 32.2 Å². The third kappa shape index (κ3) is 3.65. The summed E-state index contributed by atoms with van der Waals surface area (Å²) in [6.45, 7) is 0.235. The number of halogens is 3. The highest BCUT2D eigenvalue weighted by Crippen LogP contribution is 2.35. The molecule has 0 unspecified atom stereocenters. The monoisotopic (exact) mass is 417 g/mol. The number of ketones is 1. The van der Waals surface area contributed by atoms with Gasteiger partial charge in [-0.05, 0) is 42.7 Å². The van der Waals surface area contributed by atoms with Gasteiger partial charge < -0.3 is 14.0 Å². The largest absolute Gasteiger partial charge is 0.573 e. The third-order valence-corrected chi connectivity index (χ3v) is 5.17. The first kappa shape index (κ1) is 20.0. The van der Waals surface area contributed by atoms with Crippen molar-refractivity contribution in [3.05, 3.63) is 64.8 Å². The van der Waals surface area contributed by atoms with Crippen LogP contribution in [0.4, 0.5) is 13.2 Å². The van der Waals surface area contributed by atoms with Crippen molar-refractivity contribution in [2.24, 2.45) is 0 Å². The van der Waals surface area contributed by atoms with Crippen molar-refractivity contribution in [2.75, 3.05) is 7.11 Å². The van der Waals surface area contributed by atoms with Crippen LogP contribution < -0.4 is 4.74 Å². The number of rotatable bonds is 4. The first-order valence-electron chi connectivity index (χ1n) is 9.39. The molecule has 1 heterocycles. The molecule has 0 N–H and O–H groups in total. The Morgan fingerprint density at radius 2 is 1.90 bits per heavy atom. The van der Waals surface area contributed by atoms with Crippen LogP contribution in [-0.4, -0.2) is 29.8 Å². The smallest absolute Gasteiger partial charge is 0.465 e. The number of fused-ring (bicyclic) bond motifs is 3. The first-order chi connectivity index (χ1) is 14.3. The molecule has 2 aromatic carbocycles. The topological polar surface area (TPSA) is 57.5 Å². The lowest BCUT2D eigenvalue weighted by Crippen LogP contribution is -2.17. The molecule has 0 atom stereocenters. The van der Waals surface area contributed by atoms with Gasteiger partial charge in [0.15, 0.2) is 5.78 Å². The summed E-state index contributed by atoms with van der Waals surface area (Å²) in [4.78, 5) is 25.0. The van der Waals surface area contributed by atoms with Crippen molar-refractivity contribution in [2.45, 2.75) is 32.2 Å². The predicted molar refractivity (Wildman–Crippen MR) is 103 cm³/mol. The van der Waals surface area contributed by atoms with Crippen LogP contribution in [-0.2, 0) is 17.7 Å². The van der Waals surface area contributed by atoms with E-state index in [9.17, 15) is 22.8 Å². The van der Waals surface area contributed by atoms with Gasteiger partial charge in [0, 0.05) is 29.6 Å². The van der Waals surface area contributed by atoms with E-state index in [-0.39, 0.29) is 18.1 Å². The quantitative estimate of drug-likeness (QED) is 0.567. The second-order valence-corrected chi connectivity index (χ2v) is 7.07. The molecular formula is C22H18F3NO4. The molecule has 0 saturated carbocycles. The fourth-order valence-electron chi connectivity index (χ4n) is 4.04. The van der Waals surface area contributed by atoms with Gasteiger partial charge in [-0.3, -0.25) is 4.79 Å². The van der Waals surface area contributed by atoms with Crippen LogP contribution in [0, 0.1) is 0 Å². The summed E-state index contributed by atoms with van der Waals surface area (Å²) >= 11 is 0. The van der Waals surface area contributed by atoms with E-state index >= 15 is 0 Å². The van der Waals surface area contributed by atoms with E-state index in [1.165, 1.54) is 25.3 Å². The number of nitrogens with zero attached hydrogens (tertiary/aromatic N) is 1. The van der Waals surface area contributed by atoms with Gasteiger partial charge in [-0.25, -0.2) is 4.79 Å². The van der Waals surface area contributed by atoms with Gasteiger partial charge in [-0.2, -0.15) is 0 Å². The number of hydrogen-bond donors (Lipinski definition) is 0. The molecule has 1 aliphatic rings. The molecule has 0 bridgehead atoms. The molecular weight excluding hydrogens is 399 g/mol. The summed E-state index contributed by atoms with van der Waals surface area (Å²) in [5.74, 6) is -0.901. The number of carbonyl (C=O) groups is 2. The van der Waals surface area contributed by atoms with Gasteiger partial charge in [0.1, 0.15) is 5.75 Å².